The summed E-state index contributed by atoms with van der Waals surface area (Å²) < 4.78 is 68.9. The highest BCUT2D eigenvalue weighted by Crippen LogP contribution is 2.34. The minimum absolute atomic E-state index is 0.0341. The van der Waals surface area contributed by atoms with E-state index in [1.807, 2.05) is 0 Å². The lowest BCUT2D eigenvalue weighted by molar-refractivity contribution is -0.143. The van der Waals surface area contributed by atoms with Gasteiger partial charge in [-0.25, -0.2) is 13.1 Å². The molecule has 0 radical (unpaired) electrons. The molecular weight excluding hydrogens is 445 g/mol. The van der Waals surface area contributed by atoms with Gasteiger partial charge in [-0.05, 0) is 43.2 Å². The lowest BCUT2D eigenvalue weighted by Crippen LogP contribution is -2.28. The summed E-state index contributed by atoms with van der Waals surface area (Å²) in [4.78, 5) is 12.7. The number of aromatic nitrogens is 2. The standard InChI is InChI=1S/C21H19F3N4O3S/c22-21(23,24)19-18(14-25-28(19)16-8-2-1-3-9-16)20(29)26-15-7-6-10-17(13-15)32(30,31)27-11-4-5-12-27/h1-3,6-10,13-14H,4-5,11-12H2,(H,26,29). The number of benzene rings is 2. The van der Waals surface area contributed by atoms with Crippen molar-refractivity contribution in [3.8, 4) is 5.69 Å². The van der Waals surface area contributed by atoms with Crippen LogP contribution in [0.1, 0.15) is 28.9 Å². The average molecular weight is 464 g/mol. The van der Waals surface area contributed by atoms with Gasteiger partial charge in [-0.15, -0.1) is 0 Å². The summed E-state index contributed by atoms with van der Waals surface area (Å²) in [7, 11) is -3.74. The van der Waals surface area contributed by atoms with Crippen LogP contribution in [0, 0.1) is 0 Å². The number of halogens is 3. The highest BCUT2D eigenvalue weighted by molar-refractivity contribution is 7.89. The van der Waals surface area contributed by atoms with E-state index in [1.54, 1.807) is 18.2 Å². The quantitative estimate of drug-likeness (QED) is 0.620. The Morgan fingerprint density at radius 1 is 1.00 bits per heavy atom. The van der Waals surface area contributed by atoms with Crippen molar-refractivity contribution in [3.63, 3.8) is 0 Å². The number of carbonyl (C=O) groups is 1. The number of hydrogen-bond acceptors (Lipinski definition) is 4. The number of amides is 1. The molecule has 3 aromatic rings. The minimum Gasteiger partial charge on any atom is -0.322 e. The zero-order valence-corrected chi connectivity index (χ0v) is 17.5. The summed E-state index contributed by atoms with van der Waals surface area (Å²) in [6.07, 6.45) is -2.47. The number of hydrogen-bond donors (Lipinski definition) is 1. The third-order valence-electron chi connectivity index (χ3n) is 5.08. The highest BCUT2D eigenvalue weighted by Gasteiger charge is 2.40. The molecule has 0 bridgehead atoms. The van der Waals surface area contributed by atoms with Crippen molar-refractivity contribution in [3.05, 3.63) is 72.1 Å². The first-order valence-electron chi connectivity index (χ1n) is 9.80. The lowest BCUT2D eigenvalue weighted by Gasteiger charge is -2.16. The second kappa shape index (κ2) is 8.40. The van der Waals surface area contributed by atoms with Crippen LogP contribution in [0.15, 0.2) is 65.7 Å². The Morgan fingerprint density at radius 2 is 1.69 bits per heavy atom. The van der Waals surface area contributed by atoms with Crippen LogP contribution in [-0.4, -0.2) is 41.5 Å². The number of sulfonamides is 1. The van der Waals surface area contributed by atoms with E-state index in [9.17, 15) is 26.4 Å². The predicted octanol–water partition coefficient (Wildman–Crippen LogP) is 3.93. The zero-order valence-electron chi connectivity index (χ0n) is 16.7. The fraction of sp³-hybridized carbons (Fsp3) is 0.238. The normalized spacial score (nSPS) is 15.1. The number of carbonyl (C=O) groups excluding carboxylic acids is 1. The van der Waals surface area contributed by atoms with Crippen LogP contribution < -0.4 is 5.32 Å². The van der Waals surface area contributed by atoms with E-state index in [-0.39, 0.29) is 16.3 Å². The van der Waals surface area contributed by atoms with Crippen LogP contribution in [0.2, 0.25) is 0 Å². The van der Waals surface area contributed by atoms with Crippen molar-refractivity contribution in [1.29, 1.82) is 0 Å². The van der Waals surface area contributed by atoms with Crippen molar-refractivity contribution in [1.82, 2.24) is 14.1 Å². The summed E-state index contributed by atoms with van der Waals surface area (Å²) in [6, 6.07) is 13.1. The van der Waals surface area contributed by atoms with Crippen LogP contribution >= 0.6 is 0 Å². The zero-order chi connectivity index (χ0) is 22.9. The fourth-order valence-electron chi connectivity index (χ4n) is 3.56. The number of alkyl halides is 3. The van der Waals surface area contributed by atoms with Gasteiger partial charge in [-0.2, -0.15) is 22.6 Å². The van der Waals surface area contributed by atoms with Crippen LogP contribution in [0.3, 0.4) is 0 Å². The maximum atomic E-state index is 13.8. The van der Waals surface area contributed by atoms with Gasteiger partial charge in [0.2, 0.25) is 10.0 Å². The molecule has 32 heavy (non-hydrogen) atoms. The first-order valence-corrected chi connectivity index (χ1v) is 11.2. The second-order valence-corrected chi connectivity index (χ2v) is 9.18. The molecule has 2 aromatic carbocycles. The summed E-state index contributed by atoms with van der Waals surface area (Å²) in [5, 5.41) is 6.12. The Morgan fingerprint density at radius 3 is 2.34 bits per heavy atom. The first kappa shape index (κ1) is 22.0. The third kappa shape index (κ3) is 4.26. The number of nitrogens with one attached hydrogen (secondary N) is 1. The van der Waals surface area contributed by atoms with Gasteiger partial charge in [-0.1, -0.05) is 24.3 Å². The van der Waals surface area contributed by atoms with Gasteiger partial charge in [0.1, 0.15) is 0 Å². The molecule has 1 fully saturated rings. The Kier molecular flexibility index (Phi) is 5.78. The van der Waals surface area contributed by atoms with Gasteiger partial charge in [0.25, 0.3) is 5.91 Å². The molecular formula is C21H19F3N4O3S. The van der Waals surface area contributed by atoms with Gasteiger partial charge < -0.3 is 5.32 Å². The van der Waals surface area contributed by atoms with E-state index in [0.29, 0.717) is 17.8 Å². The summed E-state index contributed by atoms with van der Waals surface area (Å²) in [5.41, 5.74) is -1.68. The maximum Gasteiger partial charge on any atom is 0.434 e. The van der Waals surface area contributed by atoms with E-state index in [0.717, 1.165) is 19.0 Å². The van der Waals surface area contributed by atoms with Crippen LogP contribution in [0.4, 0.5) is 18.9 Å². The van der Waals surface area contributed by atoms with Crippen molar-refractivity contribution >= 4 is 21.6 Å². The summed E-state index contributed by atoms with van der Waals surface area (Å²) >= 11 is 0. The maximum absolute atomic E-state index is 13.8. The molecule has 0 unspecified atom stereocenters. The van der Waals surface area contributed by atoms with Crippen molar-refractivity contribution < 1.29 is 26.4 Å². The number of para-hydroxylation sites is 1. The monoisotopic (exact) mass is 464 g/mol. The van der Waals surface area contributed by atoms with Crippen LogP contribution in [-0.2, 0) is 16.2 Å². The summed E-state index contributed by atoms with van der Waals surface area (Å²) in [5.74, 6) is -1.05. The van der Waals surface area contributed by atoms with Gasteiger partial charge in [0.15, 0.2) is 5.69 Å². The average Bonchev–Trinajstić information content (AvgIpc) is 3.45. The van der Waals surface area contributed by atoms with E-state index in [1.165, 1.54) is 40.7 Å². The van der Waals surface area contributed by atoms with Gasteiger partial charge in [0, 0.05) is 18.8 Å². The molecule has 1 amide bonds. The van der Waals surface area contributed by atoms with Crippen LogP contribution in [0.5, 0.6) is 0 Å². The molecule has 4 rings (SSSR count). The molecule has 11 heteroatoms. The largest absolute Gasteiger partial charge is 0.434 e. The molecule has 7 nitrogen and oxygen atoms in total. The molecule has 0 saturated carbocycles. The van der Waals surface area contributed by atoms with Crippen molar-refractivity contribution in [2.75, 3.05) is 18.4 Å². The van der Waals surface area contributed by atoms with Crippen molar-refractivity contribution in [2.24, 2.45) is 0 Å². The smallest absolute Gasteiger partial charge is 0.322 e. The van der Waals surface area contributed by atoms with Crippen molar-refractivity contribution in [2.45, 2.75) is 23.9 Å². The van der Waals surface area contributed by atoms with Crippen LogP contribution in [0.25, 0.3) is 5.69 Å². The Labute approximate surface area is 182 Å². The van der Waals surface area contributed by atoms with Gasteiger partial charge in [-0.3, -0.25) is 4.79 Å². The molecule has 1 saturated heterocycles. The molecule has 0 aliphatic carbocycles. The first-order chi connectivity index (χ1) is 15.2. The van der Waals surface area contributed by atoms with Gasteiger partial charge >= 0.3 is 6.18 Å². The Hall–Kier alpha value is -3.18. The number of rotatable bonds is 5. The highest BCUT2D eigenvalue weighted by atomic mass is 32.2. The molecule has 1 aliphatic rings. The topological polar surface area (TPSA) is 84.3 Å². The Bertz CT molecular complexity index is 1230. The fourth-order valence-corrected chi connectivity index (χ4v) is 5.13. The van der Waals surface area contributed by atoms with E-state index in [2.05, 4.69) is 10.4 Å². The second-order valence-electron chi connectivity index (χ2n) is 7.25. The predicted molar refractivity (Wildman–Crippen MR) is 111 cm³/mol. The van der Waals surface area contributed by atoms with E-state index >= 15 is 0 Å². The molecule has 2 heterocycles. The molecule has 0 spiro atoms. The number of anilines is 1. The Balaban J connectivity index is 1.65. The lowest BCUT2D eigenvalue weighted by atomic mass is 10.2. The minimum atomic E-state index is -4.85. The molecule has 1 N–H and O–H groups in total. The van der Waals surface area contributed by atoms with E-state index < -0.39 is 33.4 Å². The molecule has 1 aromatic heterocycles. The molecule has 0 atom stereocenters. The number of nitrogens with zero attached hydrogens (tertiary/aromatic N) is 3. The molecule has 1 aliphatic heterocycles. The summed E-state index contributed by atoms with van der Waals surface area (Å²) in [6.45, 7) is 0.819. The SMILES string of the molecule is O=C(Nc1cccc(S(=O)(=O)N2CCCC2)c1)c1cnn(-c2ccccc2)c1C(F)(F)F. The third-order valence-corrected chi connectivity index (χ3v) is 6.97. The van der Waals surface area contributed by atoms with E-state index in [4.69, 9.17) is 0 Å². The van der Waals surface area contributed by atoms with Gasteiger partial charge in [0.05, 0.1) is 22.3 Å². The molecule has 168 valence electrons.